The molecule has 0 spiro atoms. The van der Waals surface area contributed by atoms with Crippen molar-refractivity contribution in [2.75, 3.05) is 12.8 Å². The van der Waals surface area contributed by atoms with Crippen LogP contribution in [0.1, 0.15) is 5.56 Å². The molecule has 0 radical (unpaired) electrons. The second-order valence-electron chi connectivity index (χ2n) is 4.23. The molecule has 2 rings (SSSR count). The van der Waals surface area contributed by atoms with Crippen molar-refractivity contribution in [2.24, 2.45) is 0 Å². The van der Waals surface area contributed by atoms with Crippen molar-refractivity contribution in [1.82, 2.24) is 0 Å². The van der Waals surface area contributed by atoms with Crippen molar-refractivity contribution in [3.05, 3.63) is 53.8 Å². The van der Waals surface area contributed by atoms with Gasteiger partial charge >= 0.3 is 0 Å². The van der Waals surface area contributed by atoms with Crippen molar-refractivity contribution in [3.8, 4) is 5.75 Å². The number of nitrogen functional groups attached to an aromatic ring is 1. The smallest absolute Gasteiger partial charge is 0.186 e. The third kappa shape index (κ3) is 2.75. The summed E-state index contributed by atoms with van der Waals surface area (Å²) >= 11 is 0. The van der Waals surface area contributed by atoms with Gasteiger partial charge in [-0.05, 0) is 18.2 Å². The number of halogens is 1. The average molecular weight is 295 g/mol. The quantitative estimate of drug-likeness (QED) is 0.879. The molecule has 20 heavy (non-hydrogen) atoms. The van der Waals surface area contributed by atoms with Gasteiger partial charge in [0.2, 0.25) is 0 Å². The third-order valence-electron chi connectivity index (χ3n) is 2.86. The summed E-state index contributed by atoms with van der Waals surface area (Å²) in [4.78, 5) is 0.0318. The van der Waals surface area contributed by atoms with Gasteiger partial charge in [0.25, 0.3) is 0 Å². The summed E-state index contributed by atoms with van der Waals surface area (Å²) in [5, 5.41) is 0. The summed E-state index contributed by atoms with van der Waals surface area (Å²) in [6.07, 6.45) is 0. The summed E-state index contributed by atoms with van der Waals surface area (Å²) in [5.41, 5.74) is 5.41. The number of hydrogen-bond acceptors (Lipinski definition) is 4. The van der Waals surface area contributed by atoms with Crippen LogP contribution in [-0.2, 0) is 15.6 Å². The molecule has 2 aromatic rings. The van der Waals surface area contributed by atoms with Gasteiger partial charge in [0.15, 0.2) is 9.84 Å². The fraction of sp³-hybridized carbons (Fsp3) is 0.143. The number of rotatable bonds is 4. The second kappa shape index (κ2) is 5.50. The molecule has 6 heteroatoms. The van der Waals surface area contributed by atoms with Gasteiger partial charge in [0.05, 0.1) is 18.6 Å². The molecule has 0 saturated carbocycles. The number of benzene rings is 2. The third-order valence-corrected chi connectivity index (χ3v) is 4.56. The minimum absolute atomic E-state index is 0.0318. The summed E-state index contributed by atoms with van der Waals surface area (Å²) in [6.45, 7) is 0. The van der Waals surface area contributed by atoms with E-state index in [0.29, 0.717) is 0 Å². The van der Waals surface area contributed by atoms with Crippen molar-refractivity contribution >= 4 is 15.5 Å². The highest BCUT2D eigenvalue weighted by Crippen LogP contribution is 2.27. The van der Waals surface area contributed by atoms with E-state index >= 15 is 0 Å². The van der Waals surface area contributed by atoms with E-state index in [1.165, 1.54) is 31.4 Å². The topological polar surface area (TPSA) is 69.4 Å². The van der Waals surface area contributed by atoms with Gasteiger partial charge in [-0.25, -0.2) is 12.8 Å². The Morgan fingerprint density at radius 2 is 1.85 bits per heavy atom. The van der Waals surface area contributed by atoms with Crippen LogP contribution >= 0.6 is 0 Å². The number of hydrogen-bond donors (Lipinski definition) is 1. The van der Waals surface area contributed by atoms with Crippen molar-refractivity contribution in [2.45, 2.75) is 10.6 Å². The summed E-state index contributed by atoms with van der Waals surface area (Å²) < 4.78 is 43.5. The zero-order chi connectivity index (χ0) is 14.8. The van der Waals surface area contributed by atoms with Crippen LogP contribution in [0.15, 0.2) is 47.4 Å². The van der Waals surface area contributed by atoms with Gasteiger partial charge in [0.1, 0.15) is 16.5 Å². The maximum Gasteiger partial charge on any atom is 0.186 e. The Labute approximate surface area is 116 Å². The first kappa shape index (κ1) is 14.3. The lowest BCUT2D eigenvalue weighted by Crippen LogP contribution is -2.09. The molecular weight excluding hydrogens is 281 g/mol. The van der Waals surface area contributed by atoms with Crippen LogP contribution in [0.25, 0.3) is 0 Å². The normalized spacial score (nSPS) is 11.3. The lowest BCUT2D eigenvalue weighted by Gasteiger charge is -2.10. The Hall–Kier alpha value is -2.08. The SMILES string of the molecule is COc1ccccc1S(=O)(=O)Cc1cccc(N)c1F. The van der Waals surface area contributed by atoms with E-state index in [1.807, 2.05) is 0 Å². The fourth-order valence-electron chi connectivity index (χ4n) is 1.87. The number of ether oxygens (including phenoxy) is 1. The highest BCUT2D eigenvalue weighted by molar-refractivity contribution is 7.90. The minimum Gasteiger partial charge on any atom is -0.495 e. The van der Waals surface area contributed by atoms with Crippen molar-refractivity contribution in [3.63, 3.8) is 0 Å². The Bertz CT molecular complexity index is 729. The maximum atomic E-state index is 13.8. The lowest BCUT2D eigenvalue weighted by molar-refractivity contribution is 0.402. The van der Waals surface area contributed by atoms with E-state index in [9.17, 15) is 12.8 Å². The zero-order valence-electron chi connectivity index (χ0n) is 10.8. The highest BCUT2D eigenvalue weighted by Gasteiger charge is 2.21. The largest absolute Gasteiger partial charge is 0.495 e. The number of nitrogens with two attached hydrogens (primary N) is 1. The van der Waals surface area contributed by atoms with Crippen molar-refractivity contribution < 1.29 is 17.5 Å². The Balaban J connectivity index is 2.44. The molecule has 2 aromatic carbocycles. The van der Waals surface area contributed by atoms with E-state index in [-0.39, 0.29) is 21.9 Å². The van der Waals surface area contributed by atoms with Gasteiger partial charge in [-0.15, -0.1) is 0 Å². The molecule has 0 amide bonds. The average Bonchev–Trinajstić information content (AvgIpc) is 2.43. The summed E-state index contributed by atoms with van der Waals surface area (Å²) in [5.74, 6) is -0.938. The molecule has 106 valence electrons. The van der Waals surface area contributed by atoms with Gasteiger partial charge in [0, 0.05) is 5.56 Å². The van der Waals surface area contributed by atoms with E-state index in [0.717, 1.165) is 0 Å². The molecular formula is C14H14FNO3S. The summed E-state index contributed by atoms with van der Waals surface area (Å²) in [7, 11) is -2.33. The Kier molecular flexibility index (Phi) is 3.94. The van der Waals surface area contributed by atoms with Crippen LogP contribution < -0.4 is 10.5 Å². The Morgan fingerprint density at radius 3 is 2.55 bits per heavy atom. The molecule has 0 unspecified atom stereocenters. The maximum absolute atomic E-state index is 13.8. The molecule has 0 atom stereocenters. The van der Waals surface area contributed by atoms with Gasteiger partial charge < -0.3 is 10.5 Å². The number of para-hydroxylation sites is 1. The predicted molar refractivity (Wildman–Crippen MR) is 74.7 cm³/mol. The molecule has 0 fully saturated rings. The lowest BCUT2D eigenvalue weighted by atomic mass is 10.2. The second-order valence-corrected chi connectivity index (χ2v) is 6.19. The molecule has 0 saturated heterocycles. The Morgan fingerprint density at radius 1 is 1.15 bits per heavy atom. The highest BCUT2D eigenvalue weighted by atomic mass is 32.2. The van der Waals surface area contributed by atoms with Crippen LogP contribution in [0.2, 0.25) is 0 Å². The molecule has 4 nitrogen and oxygen atoms in total. The van der Waals surface area contributed by atoms with E-state index in [1.54, 1.807) is 18.2 Å². The molecule has 0 aliphatic rings. The predicted octanol–water partition coefficient (Wildman–Crippen LogP) is 2.39. The molecule has 0 bridgehead atoms. The van der Waals surface area contributed by atoms with Crippen LogP contribution in [0.5, 0.6) is 5.75 Å². The van der Waals surface area contributed by atoms with E-state index < -0.39 is 21.4 Å². The van der Waals surface area contributed by atoms with E-state index in [4.69, 9.17) is 10.5 Å². The van der Waals surface area contributed by atoms with E-state index in [2.05, 4.69) is 0 Å². The molecule has 0 heterocycles. The first-order valence-corrected chi connectivity index (χ1v) is 7.49. The first-order valence-electron chi connectivity index (χ1n) is 5.84. The fourth-order valence-corrected chi connectivity index (χ4v) is 3.40. The zero-order valence-corrected chi connectivity index (χ0v) is 11.7. The van der Waals surface area contributed by atoms with Crippen molar-refractivity contribution in [1.29, 1.82) is 0 Å². The number of methoxy groups -OCH3 is 1. The summed E-state index contributed by atoms with van der Waals surface area (Å²) in [6, 6.07) is 10.5. The number of anilines is 1. The van der Waals surface area contributed by atoms with Crippen LogP contribution in [0, 0.1) is 5.82 Å². The minimum atomic E-state index is -3.72. The molecule has 0 aliphatic carbocycles. The molecule has 0 aliphatic heterocycles. The van der Waals surface area contributed by atoms with Crippen LogP contribution in [-0.4, -0.2) is 15.5 Å². The van der Waals surface area contributed by atoms with Gasteiger partial charge in [-0.1, -0.05) is 24.3 Å². The van der Waals surface area contributed by atoms with Gasteiger partial charge in [-0.2, -0.15) is 0 Å². The standard InChI is InChI=1S/C14H14FNO3S/c1-19-12-7-2-3-8-13(12)20(17,18)9-10-5-4-6-11(16)14(10)15/h2-8H,9,16H2,1H3. The van der Waals surface area contributed by atoms with Gasteiger partial charge in [-0.3, -0.25) is 0 Å². The van der Waals surface area contributed by atoms with Crippen LogP contribution in [0.4, 0.5) is 10.1 Å². The monoisotopic (exact) mass is 295 g/mol. The molecule has 2 N–H and O–H groups in total. The first-order chi connectivity index (χ1) is 9.45. The van der Waals surface area contributed by atoms with Crippen LogP contribution in [0.3, 0.4) is 0 Å². The number of sulfone groups is 1. The molecule has 0 aromatic heterocycles.